The second-order valence-corrected chi connectivity index (χ2v) is 4.06. The Morgan fingerprint density at radius 3 is 1.83 bits per heavy atom. The smallest absolute Gasteiger partial charge is 0.356 e. The highest BCUT2D eigenvalue weighted by atomic mass is 31.2. The molecule has 0 fully saturated rings. The molecule has 0 aliphatic heterocycles. The standard InChI is InChI=1S/C7H17O4P/c1-4-9-7-12(8,10-5-2)11-6-3/h4-7H2,1-3H3. The maximum Gasteiger partial charge on any atom is 0.356 e. The molecule has 4 nitrogen and oxygen atoms in total. The number of rotatable bonds is 7. The highest BCUT2D eigenvalue weighted by molar-refractivity contribution is 7.53. The second kappa shape index (κ2) is 6.61. The molecule has 0 aliphatic rings. The van der Waals surface area contributed by atoms with Crippen molar-refractivity contribution in [2.45, 2.75) is 20.8 Å². The first kappa shape index (κ1) is 12.1. The molecule has 0 saturated heterocycles. The fourth-order valence-electron chi connectivity index (χ4n) is 0.708. The Kier molecular flexibility index (Phi) is 6.67. The van der Waals surface area contributed by atoms with Crippen molar-refractivity contribution in [1.82, 2.24) is 0 Å². The number of ether oxygens (including phenoxy) is 1. The molecule has 0 bridgehead atoms. The van der Waals surface area contributed by atoms with E-state index in [2.05, 4.69) is 0 Å². The van der Waals surface area contributed by atoms with Crippen molar-refractivity contribution >= 4 is 7.60 Å². The van der Waals surface area contributed by atoms with Gasteiger partial charge >= 0.3 is 7.60 Å². The predicted molar refractivity (Wildman–Crippen MR) is 47.4 cm³/mol. The van der Waals surface area contributed by atoms with E-state index in [1.807, 2.05) is 6.92 Å². The SMILES string of the molecule is CCOCP(=O)(OCC)OCC. The van der Waals surface area contributed by atoms with E-state index in [4.69, 9.17) is 13.8 Å². The van der Waals surface area contributed by atoms with Gasteiger partial charge in [-0.2, -0.15) is 0 Å². The largest absolute Gasteiger partial charge is 0.369 e. The molecule has 0 N–H and O–H groups in total. The molecule has 0 heterocycles. The van der Waals surface area contributed by atoms with E-state index in [0.29, 0.717) is 19.8 Å². The van der Waals surface area contributed by atoms with Crippen LogP contribution in [0.1, 0.15) is 20.8 Å². The van der Waals surface area contributed by atoms with Crippen molar-refractivity contribution in [1.29, 1.82) is 0 Å². The van der Waals surface area contributed by atoms with E-state index >= 15 is 0 Å². The number of hydrogen-bond acceptors (Lipinski definition) is 4. The molecule has 5 heteroatoms. The first-order valence-corrected chi connectivity index (χ1v) is 5.87. The van der Waals surface area contributed by atoms with Crippen LogP contribution in [0.5, 0.6) is 0 Å². The van der Waals surface area contributed by atoms with Gasteiger partial charge in [0.2, 0.25) is 0 Å². The molecule has 0 rings (SSSR count). The molecule has 0 atom stereocenters. The van der Waals surface area contributed by atoms with E-state index in [0.717, 1.165) is 0 Å². The lowest BCUT2D eigenvalue weighted by atomic mass is 10.9. The topological polar surface area (TPSA) is 44.8 Å². The quantitative estimate of drug-likeness (QED) is 0.586. The van der Waals surface area contributed by atoms with E-state index < -0.39 is 7.60 Å². The Balaban J connectivity index is 3.90. The summed E-state index contributed by atoms with van der Waals surface area (Å²) < 4.78 is 26.6. The Hall–Kier alpha value is 0.110. The summed E-state index contributed by atoms with van der Waals surface area (Å²) in [6, 6.07) is 0. The van der Waals surface area contributed by atoms with Crippen LogP contribution in [-0.2, 0) is 18.3 Å². The molecule has 0 aromatic heterocycles. The summed E-state index contributed by atoms with van der Waals surface area (Å²) >= 11 is 0. The van der Waals surface area contributed by atoms with Gasteiger partial charge in [-0.05, 0) is 20.8 Å². The predicted octanol–water partition coefficient (Wildman–Crippen LogP) is 2.25. The van der Waals surface area contributed by atoms with E-state index in [1.54, 1.807) is 13.8 Å². The van der Waals surface area contributed by atoms with Crippen molar-refractivity contribution in [3.05, 3.63) is 0 Å². The maximum atomic E-state index is 11.6. The van der Waals surface area contributed by atoms with Gasteiger partial charge in [0, 0.05) is 6.61 Å². The molecule has 0 radical (unpaired) electrons. The molecular formula is C7H17O4P. The van der Waals surface area contributed by atoms with Crippen molar-refractivity contribution in [3.63, 3.8) is 0 Å². The van der Waals surface area contributed by atoms with Gasteiger partial charge in [0.1, 0.15) is 6.35 Å². The van der Waals surface area contributed by atoms with Gasteiger partial charge in [-0.3, -0.25) is 4.57 Å². The molecule has 0 amide bonds. The van der Waals surface area contributed by atoms with Crippen molar-refractivity contribution in [2.24, 2.45) is 0 Å². The van der Waals surface area contributed by atoms with E-state index in [9.17, 15) is 4.57 Å². The highest BCUT2D eigenvalue weighted by Gasteiger charge is 2.22. The van der Waals surface area contributed by atoms with Gasteiger partial charge < -0.3 is 13.8 Å². The third-order valence-electron chi connectivity index (χ3n) is 1.11. The fraction of sp³-hybridized carbons (Fsp3) is 1.00. The molecule has 74 valence electrons. The minimum atomic E-state index is -2.96. The van der Waals surface area contributed by atoms with Crippen LogP contribution in [0.4, 0.5) is 0 Å². The maximum absolute atomic E-state index is 11.6. The lowest BCUT2D eigenvalue weighted by molar-refractivity contribution is 0.141. The minimum Gasteiger partial charge on any atom is -0.369 e. The Morgan fingerprint density at radius 2 is 1.50 bits per heavy atom. The first-order chi connectivity index (χ1) is 5.68. The summed E-state index contributed by atoms with van der Waals surface area (Å²) in [5.41, 5.74) is 0. The van der Waals surface area contributed by atoms with Gasteiger partial charge in [-0.1, -0.05) is 0 Å². The lowest BCUT2D eigenvalue weighted by Crippen LogP contribution is -2.03. The van der Waals surface area contributed by atoms with Gasteiger partial charge in [-0.15, -0.1) is 0 Å². The van der Waals surface area contributed by atoms with Gasteiger partial charge in [0.25, 0.3) is 0 Å². The monoisotopic (exact) mass is 196 g/mol. The molecule has 0 unspecified atom stereocenters. The van der Waals surface area contributed by atoms with Crippen LogP contribution in [0, 0.1) is 0 Å². The highest BCUT2D eigenvalue weighted by Crippen LogP contribution is 2.47. The molecule has 0 saturated carbocycles. The zero-order chi connectivity index (χ0) is 9.45. The van der Waals surface area contributed by atoms with Crippen LogP contribution >= 0.6 is 7.60 Å². The van der Waals surface area contributed by atoms with Crippen LogP contribution in [-0.4, -0.2) is 26.2 Å². The Morgan fingerprint density at radius 1 is 1.00 bits per heavy atom. The minimum absolute atomic E-state index is 0.0468. The average molecular weight is 196 g/mol. The van der Waals surface area contributed by atoms with Crippen molar-refractivity contribution in [2.75, 3.05) is 26.2 Å². The summed E-state index contributed by atoms with van der Waals surface area (Å²) in [5.74, 6) is 0. The van der Waals surface area contributed by atoms with Crippen molar-refractivity contribution < 1.29 is 18.3 Å². The summed E-state index contributed by atoms with van der Waals surface area (Å²) in [5, 5.41) is 0. The third kappa shape index (κ3) is 4.88. The van der Waals surface area contributed by atoms with Gasteiger partial charge in [0.05, 0.1) is 13.2 Å². The van der Waals surface area contributed by atoms with Crippen molar-refractivity contribution in [3.8, 4) is 0 Å². The molecule has 0 spiro atoms. The molecule has 12 heavy (non-hydrogen) atoms. The Labute approximate surface area is 73.7 Å². The van der Waals surface area contributed by atoms with Gasteiger partial charge in [0.15, 0.2) is 0 Å². The fourth-order valence-corrected chi connectivity index (χ4v) is 2.12. The summed E-state index contributed by atoms with van der Waals surface area (Å²) in [4.78, 5) is 0. The molecule has 0 aromatic carbocycles. The van der Waals surface area contributed by atoms with E-state index in [-0.39, 0.29) is 6.35 Å². The van der Waals surface area contributed by atoms with Crippen LogP contribution < -0.4 is 0 Å². The van der Waals surface area contributed by atoms with Crippen LogP contribution in [0.25, 0.3) is 0 Å². The summed E-state index contributed by atoms with van der Waals surface area (Å²) in [6.45, 7) is 6.66. The third-order valence-corrected chi connectivity index (χ3v) is 2.91. The molecule has 0 aliphatic carbocycles. The normalized spacial score (nSPS) is 11.9. The molecule has 0 aromatic rings. The van der Waals surface area contributed by atoms with E-state index in [1.165, 1.54) is 0 Å². The second-order valence-electron chi connectivity index (χ2n) is 2.07. The zero-order valence-electron chi connectivity index (χ0n) is 7.91. The van der Waals surface area contributed by atoms with Crippen LogP contribution in [0.3, 0.4) is 0 Å². The Bertz CT molecular complexity index is 138. The molecular weight excluding hydrogens is 179 g/mol. The summed E-state index contributed by atoms with van der Waals surface area (Å²) in [6.07, 6.45) is 0.0468. The number of hydrogen-bond donors (Lipinski definition) is 0. The average Bonchev–Trinajstić information content (AvgIpc) is 2.02. The summed E-state index contributed by atoms with van der Waals surface area (Å²) in [7, 11) is -2.96. The lowest BCUT2D eigenvalue weighted by Gasteiger charge is -2.15. The first-order valence-electron chi connectivity index (χ1n) is 4.14. The zero-order valence-corrected chi connectivity index (χ0v) is 8.80. The van der Waals surface area contributed by atoms with Gasteiger partial charge in [-0.25, -0.2) is 0 Å². The van der Waals surface area contributed by atoms with Crippen LogP contribution in [0.15, 0.2) is 0 Å². The van der Waals surface area contributed by atoms with Crippen LogP contribution in [0.2, 0.25) is 0 Å².